The van der Waals surface area contributed by atoms with Gasteiger partial charge in [-0.05, 0) is 68.3 Å². The van der Waals surface area contributed by atoms with Gasteiger partial charge in [0.15, 0.2) is 0 Å². The van der Waals surface area contributed by atoms with Crippen molar-refractivity contribution in [2.45, 2.75) is 25.7 Å². The molecule has 0 aliphatic heterocycles. The molecule has 3 rings (SSSR count). The maximum Gasteiger partial charge on any atom is 0.274 e. The van der Waals surface area contributed by atoms with Crippen molar-refractivity contribution in [3.8, 4) is 0 Å². The van der Waals surface area contributed by atoms with Gasteiger partial charge in [0.1, 0.15) is 5.69 Å². The first kappa shape index (κ1) is 19.6. The molecule has 0 radical (unpaired) electrons. The first-order chi connectivity index (χ1) is 13.3. The Morgan fingerprint density at radius 2 is 1.57 bits per heavy atom. The number of hydrogen-bond donors (Lipinski definition) is 2. The van der Waals surface area contributed by atoms with Crippen molar-refractivity contribution in [1.82, 2.24) is 4.98 Å². The lowest BCUT2D eigenvalue weighted by Crippen LogP contribution is -2.16. The van der Waals surface area contributed by atoms with Crippen LogP contribution in [0.4, 0.5) is 11.4 Å². The molecule has 1 amide bonds. The number of anilines is 2. The lowest BCUT2D eigenvalue weighted by molar-refractivity contribution is 0.102. The molecule has 0 saturated heterocycles. The van der Waals surface area contributed by atoms with Crippen LogP contribution in [0, 0.1) is 20.8 Å². The lowest BCUT2D eigenvalue weighted by atomic mass is 10.1. The number of rotatable bonds is 5. The van der Waals surface area contributed by atoms with Crippen LogP contribution < -0.4 is 10.0 Å². The first-order valence-electron chi connectivity index (χ1n) is 8.69. The average Bonchev–Trinajstić information content (AvgIpc) is 2.66. The van der Waals surface area contributed by atoms with Gasteiger partial charge >= 0.3 is 0 Å². The number of benzene rings is 2. The summed E-state index contributed by atoms with van der Waals surface area (Å²) >= 11 is 0. The molecule has 0 saturated carbocycles. The highest BCUT2D eigenvalue weighted by Crippen LogP contribution is 2.25. The molecule has 0 aliphatic carbocycles. The maximum absolute atomic E-state index is 12.7. The Balaban J connectivity index is 1.78. The number of nitrogens with one attached hydrogen (secondary N) is 2. The number of carbonyl (C=O) groups excluding carboxylic acids is 1. The molecule has 144 valence electrons. The van der Waals surface area contributed by atoms with Crippen molar-refractivity contribution in [2.75, 3.05) is 10.0 Å². The van der Waals surface area contributed by atoms with Gasteiger partial charge in [0.25, 0.3) is 15.9 Å². The molecule has 0 bridgehead atoms. The molecule has 0 unspecified atom stereocenters. The molecule has 3 aromatic rings. The maximum atomic E-state index is 12.7. The Labute approximate surface area is 164 Å². The highest BCUT2D eigenvalue weighted by Gasteiger charge is 2.17. The van der Waals surface area contributed by atoms with Crippen LogP contribution in [0.15, 0.2) is 65.7 Å². The molecular weight excluding hydrogens is 374 g/mol. The predicted molar refractivity (Wildman–Crippen MR) is 110 cm³/mol. The lowest BCUT2D eigenvalue weighted by Gasteiger charge is -2.14. The molecule has 2 N–H and O–H groups in total. The monoisotopic (exact) mass is 395 g/mol. The van der Waals surface area contributed by atoms with Gasteiger partial charge in [-0.15, -0.1) is 0 Å². The van der Waals surface area contributed by atoms with E-state index >= 15 is 0 Å². The Morgan fingerprint density at radius 1 is 0.929 bits per heavy atom. The van der Waals surface area contributed by atoms with Crippen molar-refractivity contribution in [3.05, 3.63) is 83.2 Å². The molecule has 0 fully saturated rings. The van der Waals surface area contributed by atoms with Gasteiger partial charge in [0.2, 0.25) is 0 Å². The number of amides is 1. The van der Waals surface area contributed by atoms with Crippen molar-refractivity contribution >= 4 is 27.3 Å². The molecule has 0 spiro atoms. The van der Waals surface area contributed by atoms with Gasteiger partial charge in [-0.3, -0.25) is 14.5 Å². The van der Waals surface area contributed by atoms with Crippen LogP contribution in [-0.4, -0.2) is 19.3 Å². The van der Waals surface area contributed by atoms with Crippen LogP contribution in [0.1, 0.15) is 27.2 Å². The van der Waals surface area contributed by atoms with Gasteiger partial charge < -0.3 is 5.32 Å². The Hall–Kier alpha value is -3.19. The smallest absolute Gasteiger partial charge is 0.274 e. The number of hydrogen-bond acceptors (Lipinski definition) is 4. The molecule has 7 heteroatoms. The molecule has 0 atom stereocenters. The Morgan fingerprint density at radius 3 is 2.14 bits per heavy atom. The van der Waals surface area contributed by atoms with E-state index in [1.807, 2.05) is 32.9 Å². The number of aryl methyl sites for hydroxylation is 3. The standard InChI is InChI=1S/C21H21N3O3S/c1-14-12-15(2)20(16(3)13-14)24-28(26,27)18-9-7-17(8-10-18)23-21(25)19-6-4-5-11-22-19/h4-13,24H,1-3H3,(H,23,25). The summed E-state index contributed by atoms with van der Waals surface area (Å²) in [6.45, 7) is 5.71. The van der Waals surface area contributed by atoms with Gasteiger partial charge in [-0.25, -0.2) is 8.42 Å². The first-order valence-corrected chi connectivity index (χ1v) is 10.2. The second-order valence-corrected chi connectivity index (χ2v) is 8.26. The van der Waals surface area contributed by atoms with E-state index in [9.17, 15) is 13.2 Å². The normalized spacial score (nSPS) is 11.1. The minimum Gasteiger partial charge on any atom is -0.321 e. The summed E-state index contributed by atoms with van der Waals surface area (Å²) in [7, 11) is -3.74. The number of sulfonamides is 1. The molecule has 1 aromatic heterocycles. The average molecular weight is 395 g/mol. The number of carbonyl (C=O) groups is 1. The molecule has 0 aliphatic rings. The van der Waals surface area contributed by atoms with E-state index in [0.29, 0.717) is 11.4 Å². The van der Waals surface area contributed by atoms with Crippen molar-refractivity contribution in [3.63, 3.8) is 0 Å². The minimum absolute atomic E-state index is 0.114. The number of pyridine rings is 1. The van der Waals surface area contributed by atoms with Crippen LogP contribution >= 0.6 is 0 Å². The summed E-state index contributed by atoms with van der Waals surface area (Å²) in [5.41, 5.74) is 4.15. The molecule has 2 aromatic carbocycles. The molecule has 1 heterocycles. The largest absolute Gasteiger partial charge is 0.321 e. The zero-order valence-electron chi connectivity index (χ0n) is 15.9. The van der Waals surface area contributed by atoms with E-state index in [0.717, 1.165) is 16.7 Å². The number of aromatic nitrogens is 1. The van der Waals surface area contributed by atoms with Crippen LogP contribution in [0.3, 0.4) is 0 Å². The van der Waals surface area contributed by atoms with Crippen molar-refractivity contribution in [1.29, 1.82) is 0 Å². The quantitative estimate of drug-likeness (QED) is 0.682. The third-order valence-corrected chi connectivity index (χ3v) is 5.60. The summed E-state index contributed by atoms with van der Waals surface area (Å²) in [6, 6.07) is 14.9. The number of nitrogens with zero attached hydrogens (tertiary/aromatic N) is 1. The van der Waals surface area contributed by atoms with Gasteiger partial charge in [0.05, 0.1) is 10.6 Å². The van der Waals surface area contributed by atoms with E-state index < -0.39 is 10.0 Å². The van der Waals surface area contributed by atoms with E-state index in [1.54, 1.807) is 30.3 Å². The summed E-state index contributed by atoms with van der Waals surface area (Å²) in [4.78, 5) is 16.2. The molecule has 28 heavy (non-hydrogen) atoms. The third-order valence-electron chi connectivity index (χ3n) is 4.23. The fourth-order valence-corrected chi connectivity index (χ4v) is 4.15. The summed E-state index contributed by atoms with van der Waals surface area (Å²) < 4.78 is 28.1. The summed E-state index contributed by atoms with van der Waals surface area (Å²) in [5.74, 6) is -0.361. The van der Waals surface area contributed by atoms with E-state index in [2.05, 4.69) is 15.0 Å². The van der Waals surface area contributed by atoms with Crippen LogP contribution in [0.25, 0.3) is 0 Å². The van der Waals surface area contributed by atoms with Crippen LogP contribution in [0.5, 0.6) is 0 Å². The minimum atomic E-state index is -3.74. The summed E-state index contributed by atoms with van der Waals surface area (Å²) in [6.07, 6.45) is 1.53. The SMILES string of the molecule is Cc1cc(C)c(NS(=O)(=O)c2ccc(NC(=O)c3ccccn3)cc2)c(C)c1. The van der Waals surface area contributed by atoms with E-state index in [1.165, 1.54) is 18.3 Å². The Kier molecular flexibility index (Phi) is 5.46. The van der Waals surface area contributed by atoms with Gasteiger partial charge in [0, 0.05) is 11.9 Å². The second-order valence-electron chi connectivity index (χ2n) is 6.57. The molecule has 6 nitrogen and oxygen atoms in total. The van der Waals surface area contributed by atoms with Crippen molar-refractivity contribution in [2.24, 2.45) is 0 Å². The highest BCUT2D eigenvalue weighted by atomic mass is 32.2. The van der Waals surface area contributed by atoms with Crippen molar-refractivity contribution < 1.29 is 13.2 Å². The van der Waals surface area contributed by atoms with Gasteiger partial charge in [-0.2, -0.15) is 0 Å². The second kappa shape index (κ2) is 7.82. The zero-order valence-corrected chi connectivity index (χ0v) is 16.7. The van der Waals surface area contributed by atoms with Gasteiger partial charge in [-0.1, -0.05) is 23.8 Å². The Bertz CT molecular complexity index is 1090. The third kappa shape index (κ3) is 4.37. The summed E-state index contributed by atoms with van der Waals surface area (Å²) in [5, 5.41) is 2.69. The van der Waals surface area contributed by atoms with E-state index in [4.69, 9.17) is 0 Å². The topological polar surface area (TPSA) is 88.2 Å². The van der Waals surface area contributed by atoms with Crippen LogP contribution in [-0.2, 0) is 10.0 Å². The fraction of sp³-hybridized carbons (Fsp3) is 0.143. The predicted octanol–water partition coefficient (Wildman–Crippen LogP) is 4.06. The highest BCUT2D eigenvalue weighted by molar-refractivity contribution is 7.92. The zero-order chi connectivity index (χ0) is 20.3. The molecular formula is C21H21N3O3S. The van der Waals surface area contributed by atoms with Crippen LogP contribution in [0.2, 0.25) is 0 Å². The fourth-order valence-electron chi connectivity index (χ4n) is 2.94. The van der Waals surface area contributed by atoms with E-state index in [-0.39, 0.29) is 16.5 Å².